The smallest absolute Gasteiger partial charge is 0.422 e. The Morgan fingerprint density at radius 1 is 1.45 bits per heavy atom. The Labute approximate surface area is 59.1 Å². The number of imidazole rings is 1. The standard InChI is InChI=1S/C4H4N2O5/c7-1-2(8)6(4(10)11)3(9)5-1/h7-8H,(H,5,9)(H,10,11). The van der Waals surface area contributed by atoms with Crippen molar-refractivity contribution in [2.45, 2.75) is 0 Å². The van der Waals surface area contributed by atoms with E-state index in [4.69, 9.17) is 15.3 Å². The molecule has 0 aliphatic carbocycles. The van der Waals surface area contributed by atoms with Crippen molar-refractivity contribution >= 4 is 6.09 Å². The predicted octanol–water partition coefficient (Wildman–Crippen LogP) is -0.886. The van der Waals surface area contributed by atoms with E-state index in [1.165, 1.54) is 0 Å². The van der Waals surface area contributed by atoms with Gasteiger partial charge >= 0.3 is 11.8 Å². The molecule has 0 aromatic carbocycles. The highest BCUT2D eigenvalue weighted by atomic mass is 16.4. The van der Waals surface area contributed by atoms with E-state index in [1.807, 2.05) is 0 Å². The van der Waals surface area contributed by atoms with Crippen molar-refractivity contribution in [1.82, 2.24) is 9.55 Å². The molecular weight excluding hydrogens is 156 g/mol. The normalized spacial score (nSPS) is 9.82. The number of aromatic amines is 1. The number of carboxylic acid groups (broad SMARTS) is 1. The molecule has 7 nitrogen and oxygen atoms in total. The Morgan fingerprint density at radius 2 is 2.00 bits per heavy atom. The monoisotopic (exact) mass is 160 g/mol. The Bertz CT molecular complexity index is 348. The van der Waals surface area contributed by atoms with Gasteiger partial charge in [-0.1, -0.05) is 0 Å². The van der Waals surface area contributed by atoms with Gasteiger partial charge in [-0.25, -0.2) is 9.59 Å². The van der Waals surface area contributed by atoms with E-state index in [0.29, 0.717) is 0 Å². The van der Waals surface area contributed by atoms with Crippen LogP contribution in [0.1, 0.15) is 0 Å². The molecule has 0 saturated heterocycles. The zero-order chi connectivity index (χ0) is 8.59. The number of hydrogen-bond acceptors (Lipinski definition) is 4. The minimum absolute atomic E-state index is 0.0185. The van der Waals surface area contributed by atoms with E-state index < -0.39 is 23.5 Å². The van der Waals surface area contributed by atoms with Crippen LogP contribution < -0.4 is 5.69 Å². The summed E-state index contributed by atoms with van der Waals surface area (Å²) in [5.74, 6) is -1.88. The van der Waals surface area contributed by atoms with Crippen LogP contribution in [-0.2, 0) is 0 Å². The van der Waals surface area contributed by atoms with Gasteiger partial charge in [0.05, 0.1) is 0 Å². The highest BCUT2D eigenvalue weighted by molar-refractivity contribution is 5.70. The Hall–Kier alpha value is -1.92. The van der Waals surface area contributed by atoms with Crippen molar-refractivity contribution in [3.8, 4) is 11.8 Å². The minimum Gasteiger partial charge on any atom is -0.491 e. The zero-order valence-corrected chi connectivity index (χ0v) is 5.11. The zero-order valence-electron chi connectivity index (χ0n) is 5.11. The van der Waals surface area contributed by atoms with Gasteiger partial charge in [-0.3, -0.25) is 4.98 Å². The van der Waals surface area contributed by atoms with E-state index in [-0.39, 0.29) is 4.57 Å². The summed E-state index contributed by atoms with van der Waals surface area (Å²) in [5, 5.41) is 25.5. The van der Waals surface area contributed by atoms with Gasteiger partial charge in [0.15, 0.2) is 0 Å². The number of aromatic nitrogens is 2. The summed E-state index contributed by atoms with van der Waals surface area (Å²) in [4.78, 5) is 22.3. The molecule has 0 aliphatic heterocycles. The molecule has 60 valence electrons. The molecule has 1 heterocycles. The second-order valence-corrected chi connectivity index (χ2v) is 1.72. The topological polar surface area (TPSA) is 116 Å². The van der Waals surface area contributed by atoms with Gasteiger partial charge in [0.1, 0.15) is 0 Å². The Morgan fingerprint density at radius 3 is 2.18 bits per heavy atom. The van der Waals surface area contributed by atoms with Crippen LogP contribution in [0.15, 0.2) is 4.79 Å². The molecule has 7 heteroatoms. The molecule has 1 aromatic rings. The summed E-state index contributed by atoms with van der Waals surface area (Å²) < 4.78 is -0.0185. The number of H-pyrrole nitrogens is 1. The molecule has 11 heavy (non-hydrogen) atoms. The third-order valence-corrected chi connectivity index (χ3v) is 1.04. The van der Waals surface area contributed by atoms with Gasteiger partial charge in [0.25, 0.3) is 11.8 Å². The van der Waals surface area contributed by atoms with Crippen LogP contribution in [0.4, 0.5) is 4.79 Å². The fourth-order valence-corrected chi connectivity index (χ4v) is 0.593. The molecule has 0 aliphatic rings. The minimum atomic E-state index is -1.66. The molecule has 0 unspecified atom stereocenters. The van der Waals surface area contributed by atoms with Crippen LogP contribution in [0.25, 0.3) is 0 Å². The number of carbonyl (C=O) groups is 1. The van der Waals surface area contributed by atoms with Crippen molar-refractivity contribution < 1.29 is 20.1 Å². The lowest BCUT2D eigenvalue weighted by atomic mass is 10.7. The number of nitrogens with zero attached hydrogens (tertiary/aromatic N) is 1. The lowest BCUT2D eigenvalue weighted by Crippen LogP contribution is -2.22. The fourth-order valence-electron chi connectivity index (χ4n) is 0.593. The number of aromatic hydroxyl groups is 2. The molecule has 0 bridgehead atoms. The van der Waals surface area contributed by atoms with Gasteiger partial charge in [-0.2, -0.15) is 4.57 Å². The van der Waals surface area contributed by atoms with Crippen molar-refractivity contribution in [2.75, 3.05) is 0 Å². The average molecular weight is 160 g/mol. The second-order valence-electron chi connectivity index (χ2n) is 1.72. The third kappa shape index (κ3) is 0.914. The highest BCUT2D eigenvalue weighted by Gasteiger charge is 2.16. The summed E-state index contributed by atoms with van der Waals surface area (Å²) in [7, 11) is 0. The molecule has 0 amide bonds. The molecule has 1 aromatic heterocycles. The molecule has 0 spiro atoms. The summed E-state index contributed by atoms with van der Waals surface area (Å²) in [6, 6.07) is 0. The first-order valence-electron chi connectivity index (χ1n) is 2.50. The first kappa shape index (κ1) is 7.19. The largest absolute Gasteiger partial charge is 0.491 e. The van der Waals surface area contributed by atoms with Crippen molar-refractivity contribution in [3.05, 3.63) is 10.5 Å². The Kier molecular flexibility index (Phi) is 1.34. The predicted molar refractivity (Wildman–Crippen MR) is 31.8 cm³/mol. The summed E-state index contributed by atoms with van der Waals surface area (Å²) >= 11 is 0. The number of nitrogens with one attached hydrogen (secondary N) is 1. The van der Waals surface area contributed by atoms with Crippen LogP contribution in [0.3, 0.4) is 0 Å². The SMILES string of the molecule is O=C(O)n1c(O)c(O)[nH]c1=O. The van der Waals surface area contributed by atoms with Crippen molar-refractivity contribution in [2.24, 2.45) is 0 Å². The molecule has 0 atom stereocenters. The maximum absolute atomic E-state index is 10.5. The number of rotatable bonds is 0. The van der Waals surface area contributed by atoms with E-state index in [9.17, 15) is 9.59 Å². The number of hydrogen-bond donors (Lipinski definition) is 4. The van der Waals surface area contributed by atoms with Gasteiger partial charge < -0.3 is 15.3 Å². The summed E-state index contributed by atoms with van der Waals surface area (Å²) in [6.07, 6.45) is -1.66. The first-order valence-corrected chi connectivity index (χ1v) is 2.50. The molecule has 1 rings (SSSR count). The van der Waals surface area contributed by atoms with Gasteiger partial charge in [0, 0.05) is 0 Å². The van der Waals surface area contributed by atoms with Gasteiger partial charge in [0.2, 0.25) is 0 Å². The van der Waals surface area contributed by atoms with E-state index in [1.54, 1.807) is 4.98 Å². The Balaban J connectivity index is 3.46. The maximum atomic E-state index is 10.5. The van der Waals surface area contributed by atoms with Crippen molar-refractivity contribution in [3.63, 3.8) is 0 Å². The first-order chi connectivity index (χ1) is 5.04. The summed E-state index contributed by atoms with van der Waals surface area (Å²) in [6.45, 7) is 0. The van der Waals surface area contributed by atoms with Crippen molar-refractivity contribution in [1.29, 1.82) is 0 Å². The van der Waals surface area contributed by atoms with Gasteiger partial charge in [-0.15, -0.1) is 0 Å². The van der Waals surface area contributed by atoms with E-state index in [0.717, 1.165) is 0 Å². The van der Waals surface area contributed by atoms with Crippen LogP contribution in [0.5, 0.6) is 11.8 Å². The highest BCUT2D eigenvalue weighted by Crippen LogP contribution is 2.17. The molecule has 4 N–H and O–H groups in total. The fraction of sp³-hybridized carbons (Fsp3) is 0. The molecular formula is C4H4N2O5. The van der Waals surface area contributed by atoms with Crippen LogP contribution in [-0.4, -0.2) is 31.0 Å². The quantitative estimate of drug-likeness (QED) is 0.393. The third-order valence-electron chi connectivity index (χ3n) is 1.04. The second kappa shape index (κ2) is 2.04. The van der Waals surface area contributed by atoms with Crippen LogP contribution in [0, 0.1) is 0 Å². The molecule has 0 saturated carbocycles. The van der Waals surface area contributed by atoms with E-state index in [2.05, 4.69) is 0 Å². The van der Waals surface area contributed by atoms with Gasteiger partial charge in [-0.05, 0) is 0 Å². The van der Waals surface area contributed by atoms with E-state index >= 15 is 0 Å². The maximum Gasteiger partial charge on any atom is 0.422 e. The summed E-state index contributed by atoms with van der Waals surface area (Å²) in [5.41, 5.74) is -1.10. The lowest BCUT2D eigenvalue weighted by Gasteiger charge is -1.91. The average Bonchev–Trinajstić information content (AvgIpc) is 2.07. The van der Waals surface area contributed by atoms with Crippen LogP contribution >= 0.6 is 0 Å². The molecule has 0 radical (unpaired) electrons. The molecule has 0 fully saturated rings. The lowest BCUT2D eigenvalue weighted by molar-refractivity contribution is 0.191. The van der Waals surface area contributed by atoms with Crippen LogP contribution in [0.2, 0.25) is 0 Å².